The number of carboxylic acids is 1. The largest absolute Gasteiger partial charge is 0.480 e. The molecule has 0 fully saturated rings. The average molecular weight is 253 g/mol. The summed E-state index contributed by atoms with van der Waals surface area (Å²) in [5.41, 5.74) is 0.753. The average Bonchev–Trinajstić information content (AvgIpc) is 2.37. The third-order valence-corrected chi connectivity index (χ3v) is 2.37. The molecule has 0 heterocycles. The minimum atomic E-state index is -1.61. The predicted octanol–water partition coefficient (Wildman–Crippen LogP) is -0.848. The monoisotopic (exact) mass is 253 g/mol. The quantitative estimate of drug-likeness (QED) is 0.528. The van der Waals surface area contributed by atoms with E-state index >= 15 is 0 Å². The van der Waals surface area contributed by atoms with E-state index in [1.165, 1.54) is 0 Å². The zero-order chi connectivity index (χ0) is 13.5. The summed E-state index contributed by atoms with van der Waals surface area (Å²) in [6.07, 6.45) is -1.50. The number of rotatable bonds is 6. The molecule has 0 aromatic heterocycles. The zero-order valence-electron chi connectivity index (χ0n) is 9.61. The maximum atomic E-state index is 11.3. The number of aliphatic hydroxyl groups excluding tert-OH is 2. The van der Waals surface area contributed by atoms with Gasteiger partial charge in [-0.05, 0) is 5.56 Å². The van der Waals surface area contributed by atoms with Crippen LogP contribution in [0.4, 0.5) is 0 Å². The molecular formula is C12H15NO5. The molecule has 4 N–H and O–H groups in total. The van der Waals surface area contributed by atoms with Gasteiger partial charge in [0.1, 0.15) is 6.04 Å². The van der Waals surface area contributed by atoms with Gasteiger partial charge in [-0.1, -0.05) is 30.3 Å². The highest BCUT2D eigenvalue weighted by atomic mass is 16.4. The molecule has 0 radical (unpaired) electrons. The summed E-state index contributed by atoms with van der Waals surface area (Å²) in [4.78, 5) is 22.3. The lowest BCUT2D eigenvalue weighted by Crippen LogP contribution is -2.47. The number of aliphatic carboxylic acids is 1. The molecular weight excluding hydrogens is 238 g/mol. The predicted molar refractivity (Wildman–Crippen MR) is 62.8 cm³/mol. The number of benzene rings is 1. The van der Waals surface area contributed by atoms with Gasteiger partial charge in [-0.15, -0.1) is 0 Å². The van der Waals surface area contributed by atoms with Gasteiger partial charge in [0.15, 0.2) is 6.10 Å². The zero-order valence-corrected chi connectivity index (χ0v) is 9.61. The standard InChI is InChI=1S/C12H15NO5/c14-7-10(15)11(16)13-9(12(17)18)6-8-4-2-1-3-5-8/h1-5,9-10,14-15H,6-7H2,(H,13,16)(H,17,18). The van der Waals surface area contributed by atoms with Crippen molar-refractivity contribution >= 4 is 11.9 Å². The molecule has 0 spiro atoms. The number of carbonyl (C=O) groups excluding carboxylic acids is 1. The number of hydrogen-bond donors (Lipinski definition) is 4. The molecule has 0 saturated carbocycles. The fourth-order valence-electron chi connectivity index (χ4n) is 1.40. The lowest BCUT2D eigenvalue weighted by Gasteiger charge is -2.16. The summed E-state index contributed by atoms with van der Waals surface area (Å²) >= 11 is 0. The van der Waals surface area contributed by atoms with Gasteiger partial charge in [-0.3, -0.25) is 4.79 Å². The lowest BCUT2D eigenvalue weighted by molar-refractivity contribution is -0.143. The first kappa shape index (κ1) is 14.1. The number of carbonyl (C=O) groups is 2. The van der Waals surface area contributed by atoms with Crippen LogP contribution < -0.4 is 5.32 Å². The topological polar surface area (TPSA) is 107 Å². The Morgan fingerprint density at radius 1 is 1.22 bits per heavy atom. The molecule has 18 heavy (non-hydrogen) atoms. The molecule has 1 amide bonds. The maximum absolute atomic E-state index is 11.3. The van der Waals surface area contributed by atoms with E-state index in [2.05, 4.69) is 5.32 Å². The van der Waals surface area contributed by atoms with Crippen molar-refractivity contribution < 1.29 is 24.9 Å². The Labute approximate surface area is 104 Å². The van der Waals surface area contributed by atoms with Crippen molar-refractivity contribution in [3.63, 3.8) is 0 Å². The third kappa shape index (κ3) is 4.15. The van der Waals surface area contributed by atoms with Crippen LogP contribution in [0, 0.1) is 0 Å². The second-order valence-electron chi connectivity index (χ2n) is 3.79. The molecule has 0 bridgehead atoms. The van der Waals surface area contributed by atoms with E-state index in [0.717, 1.165) is 5.56 Å². The summed E-state index contributed by atoms with van der Waals surface area (Å²) < 4.78 is 0. The molecule has 0 aliphatic rings. The van der Waals surface area contributed by atoms with Crippen LogP contribution in [-0.4, -0.2) is 45.9 Å². The fraction of sp³-hybridized carbons (Fsp3) is 0.333. The van der Waals surface area contributed by atoms with E-state index in [1.807, 2.05) is 0 Å². The second kappa shape index (κ2) is 6.73. The van der Waals surface area contributed by atoms with Gasteiger partial charge >= 0.3 is 5.97 Å². The molecule has 1 rings (SSSR count). The van der Waals surface area contributed by atoms with Crippen molar-refractivity contribution in [2.75, 3.05) is 6.61 Å². The molecule has 2 unspecified atom stereocenters. The van der Waals surface area contributed by atoms with Gasteiger partial charge in [0, 0.05) is 6.42 Å². The van der Waals surface area contributed by atoms with Crippen LogP contribution >= 0.6 is 0 Å². The van der Waals surface area contributed by atoms with Crippen LogP contribution in [0.2, 0.25) is 0 Å². The number of carboxylic acid groups (broad SMARTS) is 1. The van der Waals surface area contributed by atoms with E-state index in [4.69, 9.17) is 15.3 Å². The Balaban J connectivity index is 2.67. The molecule has 0 aliphatic carbocycles. The van der Waals surface area contributed by atoms with Crippen LogP contribution in [0.3, 0.4) is 0 Å². The summed E-state index contributed by atoms with van der Waals surface area (Å²) in [5.74, 6) is -2.10. The van der Waals surface area contributed by atoms with Gasteiger partial charge in [0.05, 0.1) is 6.61 Å². The second-order valence-corrected chi connectivity index (χ2v) is 3.79. The van der Waals surface area contributed by atoms with E-state index in [1.54, 1.807) is 30.3 Å². The smallest absolute Gasteiger partial charge is 0.326 e. The fourth-order valence-corrected chi connectivity index (χ4v) is 1.40. The molecule has 98 valence electrons. The summed E-state index contributed by atoms with van der Waals surface area (Å²) in [7, 11) is 0. The van der Waals surface area contributed by atoms with E-state index < -0.39 is 30.6 Å². The Morgan fingerprint density at radius 2 is 1.83 bits per heavy atom. The highest BCUT2D eigenvalue weighted by molar-refractivity contribution is 5.86. The Morgan fingerprint density at radius 3 is 2.33 bits per heavy atom. The van der Waals surface area contributed by atoms with Gasteiger partial charge in [-0.25, -0.2) is 4.79 Å². The van der Waals surface area contributed by atoms with E-state index in [0.29, 0.717) is 0 Å². The third-order valence-electron chi connectivity index (χ3n) is 2.37. The van der Waals surface area contributed by atoms with Crippen LogP contribution in [0.15, 0.2) is 30.3 Å². The van der Waals surface area contributed by atoms with Gasteiger partial charge in [0.25, 0.3) is 5.91 Å². The van der Waals surface area contributed by atoms with Crippen molar-refractivity contribution in [2.45, 2.75) is 18.6 Å². The first-order valence-corrected chi connectivity index (χ1v) is 5.40. The SMILES string of the molecule is O=C(NC(Cc1ccccc1)C(=O)O)C(O)CO. The molecule has 0 aliphatic heterocycles. The summed E-state index contributed by atoms with van der Waals surface area (Å²) in [5, 5.41) is 28.8. The number of amides is 1. The van der Waals surface area contributed by atoms with Crippen LogP contribution in [0.25, 0.3) is 0 Å². The number of hydrogen-bond acceptors (Lipinski definition) is 4. The van der Waals surface area contributed by atoms with Crippen molar-refractivity contribution in [3.05, 3.63) is 35.9 Å². The van der Waals surface area contributed by atoms with Crippen molar-refractivity contribution in [1.82, 2.24) is 5.32 Å². The highest BCUT2D eigenvalue weighted by Crippen LogP contribution is 2.03. The summed E-state index contributed by atoms with van der Waals surface area (Å²) in [6.45, 7) is -0.747. The highest BCUT2D eigenvalue weighted by Gasteiger charge is 2.23. The van der Waals surface area contributed by atoms with Crippen LogP contribution in [0.5, 0.6) is 0 Å². The van der Waals surface area contributed by atoms with Crippen LogP contribution in [-0.2, 0) is 16.0 Å². The Hall–Kier alpha value is -1.92. The first-order chi connectivity index (χ1) is 8.54. The summed E-state index contributed by atoms with van der Waals surface area (Å²) in [6, 6.07) is 7.67. The Bertz CT molecular complexity index is 406. The van der Waals surface area contributed by atoms with Gasteiger partial charge in [-0.2, -0.15) is 0 Å². The van der Waals surface area contributed by atoms with E-state index in [9.17, 15) is 9.59 Å². The van der Waals surface area contributed by atoms with Crippen LogP contribution in [0.1, 0.15) is 5.56 Å². The van der Waals surface area contributed by atoms with Crippen molar-refractivity contribution in [1.29, 1.82) is 0 Å². The van der Waals surface area contributed by atoms with E-state index in [-0.39, 0.29) is 6.42 Å². The molecule has 6 heteroatoms. The molecule has 1 aromatic carbocycles. The number of aliphatic hydroxyl groups is 2. The lowest BCUT2D eigenvalue weighted by atomic mass is 10.1. The Kier molecular flexibility index (Phi) is 5.29. The normalized spacial score (nSPS) is 13.7. The van der Waals surface area contributed by atoms with Gasteiger partial charge < -0.3 is 20.6 Å². The minimum absolute atomic E-state index is 0.111. The van der Waals surface area contributed by atoms with Crippen molar-refractivity contribution in [2.24, 2.45) is 0 Å². The molecule has 6 nitrogen and oxygen atoms in total. The first-order valence-electron chi connectivity index (χ1n) is 5.40. The molecule has 1 aromatic rings. The van der Waals surface area contributed by atoms with Gasteiger partial charge in [0.2, 0.25) is 0 Å². The number of nitrogens with one attached hydrogen (secondary N) is 1. The maximum Gasteiger partial charge on any atom is 0.326 e. The van der Waals surface area contributed by atoms with Crippen molar-refractivity contribution in [3.8, 4) is 0 Å². The molecule has 0 saturated heterocycles. The molecule has 2 atom stereocenters. The minimum Gasteiger partial charge on any atom is -0.480 e.